The summed E-state index contributed by atoms with van der Waals surface area (Å²) in [6.45, 7) is 1.96. The van der Waals surface area contributed by atoms with Crippen molar-refractivity contribution in [2.75, 3.05) is 12.4 Å². The van der Waals surface area contributed by atoms with Gasteiger partial charge in [-0.05, 0) is 24.6 Å². The molecule has 70 valence electrons. The van der Waals surface area contributed by atoms with E-state index in [9.17, 15) is 4.79 Å². The molecule has 0 spiro atoms. The Morgan fingerprint density at radius 3 is 2.77 bits per heavy atom. The highest BCUT2D eigenvalue weighted by Crippen LogP contribution is 2.20. The normalized spacial score (nSPS) is 9.77. The van der Waals surface area contributed by atoms with Crippen molar-refractivity contribution in [3.8, 4) is 5.75 Å². The summed E-state index contributed by atoms with van der Waals surface area (Å²) in [5.74, 6) is 0.682. The third kappa shape index (κ3) is 2.31. The molecule has 0 aliphatic carbocycles. The van der Waals surface area contributed by atoms with Gasteiger partial charge in [0.1, 0.15) is 5.75 Å². The molecule has 0 aliphatic heterocycles. The highest BCUT2D eigenvalue weighted by atomic mass is 79.9. The maximum Gasteiger partial charge on any atom is 0.177 e. The molecule has 0 amide bonds. The molecule has 0 atom stereocenters. The van der Waals surface area contributed by atoms with E-state index in [-0.39, 0.29) is 5.78 Å². The minimum atomic E-state index is 0.0388. The summed E-state index contributed by atoms with van der Waals surface area (Å²) in [6, 6.07) is 5.55. The molecular formula is C10H11BrO2. The van der Waals surface area contributed by atoms with Crippen molar-refractivity contribution >= 4 is 21.7 Å². The first-order valence-corrected chi connectivity index (χ1v) is 5.05. The van der Waals surface area contributed by atoms with Gasteiger partial charge in [-0.2, -0.15) is 0 Å². The quantitative estimate of drug-likeness (QED) is 0.602. The maximum absolute atomic E-state index is 11.4. The fraction of sp³-hybridized carbons (Fsp3) is 0.300. The summed E-state index contributed by atoms with van der Waals surface area (Å²) >= 11 is 3.13. The van der Waals surface area contributed by atoms with Crippen LogP contribution in [0.25, 0.3) is 0 Å². The first-order valence-electron chi connectivity index (χ1n) is 3.93. The number of carbonyl (C=O) groups is 1. The Hall–Kier alpha value is -0.830. The number of ketones is 1. The number of hydrogen-bond donors (Lipinski definition) is 0. The molecule has 0 heterocycles. The summed E-state index contributed by atoms with van der Waals surface area (Å²) in [7, 11) is 1.57. The molecule has 1 aromatic rings. The van der Waals surface area contributed by atoms with Crippen molar-refractivity contribution in [2.45, 2.75) is 6.92 Å². The van der Waals surface area contributed by atoms with Gasteiger partial charge in [0.15, 0.2) is 5.78 Å². The SMILES string of the molecule is COc1cc(C)ccc1C(=O)CBr. The van der Waals surface area contributed by atoms with E-state index in [4.69, 9.17) is 4.74 Å². The lowest BCUT2D eigenvalue weighted by atomic mass is 10.1. The van der Waals surface area contributed by atoms with E-state index in [0.29, 0.717) is 16.6 Å². The Morgan fingerprint density at radius 1 is 1.54 bits per heavy atom. The van der Waals surface area contributed by atoms with Gasteiger partial charge in [-0.15, -0.1) is 0 Å². The molecule has 1 aromatic carbocycles. The number of alkyl halides is 1. The predicted molar refractivity (Wildman–Crippen MR) is 55.9 cm³/mol. The van der Waals surface area contributed by atoms with Crippen LogP contribution in [-0.4, -0.2) is 18.2 Å². The van der Waals surface area contributed by atoms with E-state index >= 15 is 0 Å². The lowest BCUT2D eigenvalue weighted by molar-refractivity contribution is 0.102. The monoisotopic (exact) mass is 242 g/mol. The van der Waals surface area contributed by atoms with Crippen LogP contribution < -0.4 is 4.74 Å². The van der Waals surface area contributed by atoms with Crippen molar-refractivity contribution in [2.24, 2.45) is 0 Å². The molecule has 0 fully saturated rings. The minimum absolute atomic E-state index is 0.0388. The number of Topliss-reactive ketones (excluding diaryl/α,β-unsaturated/α-hetero) is 1. The number of methoxy groups -OCH3 is 1. The molecule has 0 saturated heterocycles. The van der Waals surface area contributed by atoms with E-state index in [1.165, 1.54) is 0 Å². The van der Waals surface area contributed by atoms with Gasteiger partial charge in [0.25, 0.3) is 0 Å². The summed E-state index contributed by atoms with van der Waals surface area (Å²) in [6.07, 6.45) is 0. The minimum Gasteiger partial charge on any atom is -0.496 e. The molecule has 0 saturated carbocycles. The van der Waals surface area contributed by atoms with Crippen LogP contribution in [0.4, 0.5) is 0 Å². The smallest absolute Gasteiger partial charge is 0.177 e. The number of carbonyl (C=O) groups excluding carboxylic acids is 1. The van der Waals surface area contributed by atoms with E-state index in [1.54, 1.807) is 13.2 Å². The highest BCUT2D eigenvalue weighted by molar-refractivity contribution is 9.09. The topological polar surface area (TPSA) is 26.3 Å². The lowest BCUT2D eigenvalue weighted by Gasteiger charge is -2.06. The molecule has 0 unspecified atom stereocenters. The van der Waals surface area contributed by atoms with Crippen molar-refractivity contribution < 1.29 is 9.53 Å². The average Bonchev–Trinajstić information content (AvgIpc) is 2.16. The Kier molecular flexibility index (Phi) is 3.48. The number of ether oxygens (including phenoxy) is 1. The predicted octanol–water partition coefficient (Wildman–Crippen LogP) is 2.58. The number of hydrogen-bond acceptors (Lipinski definition) is 2. The van der Waals surface area contributed by atoms with Gasteiger partial charge in [-0.25, -0.2) is 0 Å². The zero-order chi connectivity index (χ0) is 9.84. The second-order valence-electron chi connectivity index (χ2n) is 2.76. The van der Waals surface area contributed by atoms with Crippen molar-refractivity contribution in [3.63, 3.8) is 0 Å². The largest absolute Gasteiger partial charge is 0.496 e. The van der Waals surface area contributed by atoms with Crippen molar-refractivity contribution in [1.29, 1.82) is 0 Å². The standard InChI is InChI=1S/C10H11BrO2/c1-7-3-4-8(9(12)6-11)10(5-7)13-2/h3-5H,6H2,1-2H3. The van der Waals surface area contributed by atoms with Crippen LogP contribution >= 0.6 is 15.9 Å². The van der Waals surface area contributed by atoms with Gasteiger partial charge >= 0.3 is 0 Å². The molecule has 0 aliphatic rings. The third-order valence-corrected chi connectivity index (χ3v) is 2.29. The van der Waals surface area contributed by atoms with E-state index < -0.39 is 0 Å². The molecule has 2 nitrogen and oxygen atoms in total. The molecule has 1 rings (SSSR count). The van der Waals surface area contributed by atoms with Gasteiger partial charge in [0.2, 0.25) is 0 Å². The van der Waals surface area contributed by atoms with E-state index in [1.807, 2.05) is 19.1 Å². The summed E-state index contributed by atoms with van der Waals surface area (Å²) in [4.78, 5) is 11.4. The zero-order valence-corrected chi connectivity index (χ0v) is 9.22. The third-order valence-electron chi connectivity index (χ3n) is 1.78. The second kappa shape index (κ2) is 4.42. The van der Waals surface area contributed by atoms with Crippen molar-refractivity contribution in [1.82, 2.24) is 0 Å². The first-order chi connectivity index (χ1) is 6.19. The van der Waals surface area contributed by atoms with Gasteiger partial charge < -0.3 is 4.74 Å². The Balaban J connectivity index is 3.13. The molecule has 0 N–H and O–H groups in total. The van der Waals surface area contributed by atoms with Crippen LogP contribution in [0.1, 0.15) is 15.9 Å². The van der Waals surface area contributed by atoms with Crippen LogP contribution in [0.2, 0.25) is 0 Å². The number of aryl methyl sites for hydroxylation is 1. The van der Waals surface area contributed by atoms with E-state index in [2.05, 4.69) is 15.9 Å². The van der Waals surface area contributed by atoms with Gasteiger partial charge in [0, 0.05) is 0 Å². The van der Waals surface area contributed by atoms with Gasteiger partial charge in [-0.3, -0.25) is 4.79 Å². The van der Waals surface area contributed by atoms with Crippen LogP contribution in [-0.2, 0) is 0 Å². The fourth-order valence-electron chi connectivity index (χ4n) is 1.10. The molecule has 13 heavy (non-hydrogen) atoms. The Morgan fingerprint density at radius 2 is 2.23 bits per heavy atom. The molecule has 0 aromatic heterocycles. The Bertz CT molecular complexity index is 321. The highest BCUT2D eigenvalue weighted by Gasteiger charge is 2.09. The number of benzene rings is 1. The van der Waals surface area contributed by atoms with Gasteiger partial charge in [0.05, 0.1) is 18.0 Å². The summed E-state index contributed by atoms with van der Waals surface area (Å²) < 4.78 is 5.11. The lowest BCUT2D eigenvalue weighted by Crippen LogP contribution is -2.03. The van der Waals surface area contributed by atoms with Crippen LogP contribution in [0, 0.1) is 6.92 Å². The number of halogens is 1. The molecule has 0 bridgehead atoms. The van der Waals surface area contributed by atoms with Crippen LogP contribution in [0.3, 0.4) is 0 Å². The molecular weight excluding hydrogens is 232 g/mol. The van der Waals surface area contributed by atoms with E-state index in [0.717, 1.165) is 5.56 Å². The summed E-state index contributed by atoms with van der Waals surface area (Å²) in [5, 5.41) is 0.326. The zero-order valence-electron chi connectivity index (χ0n) is 7.63. The molecule has 0 radical (unpaired) electrons. The molecule has 3 heteroatoms. The van der Waals surface area contributed by atoms with Crippen LogP contribution in [0.5, 0.6) is 5.75 Å². The average molecular weight is 243 g/mol. The van der Waals surface area contributed by atoms with Gasteiger partial charge in [-0.1, -0.05) is 22.0 Å². The van der Waals surface area contributed by atoms with Crippen LogP contribution in [0.15, 0.2) is 18.2 Å². The summed E-state index contributed by atoms with van der Waals surface area (Å²) in [5.41, 5.74) is 1.72. The van der Waals surface area contributed by atoms with Crippen molar-refractivity contribution in [3.05, 3.63) is 29.3 Å². The second-order valence-corrected chi connectivity index (χ2v) is 3.32. The maximum atomic E-state index is 11.4. The Labute approximate surface area is 86.0 Å². The first kappa shape index (κ1) is 10.3. The fourth-order valence-corrected chi connectivity index (χ4v) is 1.40. The number of rotatable bonds is 3.